The first-order chi connectivity index (χ1) is 2.50. The molecule has 0 saturated heterocycles. The maximum Gasteiger partial charge on any atom is 0 e. The summed E-state index contributed by atoms with van der Waals surface area (Å²) in [6.07, 6.45) is 0. The molecular formula is C4H4SZn. The fraction of sp³-hybridized carbons (Fsp3) is 0. The summed E-state index contributed by atoms with van der Waals surface area (Å²) >= 11 is 1.71. The van der Waals surface area contributed by atoms with Gasteiger partial charge in [0.1, 0.15) is 0 Å². The van der Waals surface area contributed by atoms with Crippen molar-refractivity contribution in [2.75, 3.05) is 0 Å². The molecule has 0 saturated carbocycles. The van der Waals surface area contributed by atoms with Gasteiger partial charge >= 0.3 is 0 Å². The van der Waals surface area contributed by atoms with Gasteiger partial charge in [0.05, 0.1) is 0 Å². The van der Waals surface area contributed by atoms with E-state index < -0.39 is 0 Å². The molecule has 6 heavy (non-hydrogen) atoms. The Bertz CT molecular complexity index is 64.0. The van der Waals surface area contributed by atoms with Gasteiger partial charge in [0, 0.05) is 19.5 Å². The monoisotopic (exact) mass is 148 g/mol. The average molecular weight is 150 g/mol. The van der Waals surface area contributed by atoms with Gasteiger partial charge in [0.25, 0.3) is 0 Å². The van der Waals surface area contributed by atoms with Gasteiger partial charge in [-0.2, -0.15) is 11.3 Å². The Balaban J connectivity index is 0.000000250. The molecule has 0 amide bonds. The standard InChI is InChI=1S/C4H4S.Zn/c1-2-4-5-3-1;/h1-4H;. The topological polar surface area (TPSA) is 0 Å². The van der Waals surface area contributed by atoms with Crippen molar-refractivity contribution in [3.05, 3.63) is 22.9 Å². The van der Waals surface area contributed by atoms with Crippen LogP contribution in [0.25, 0.3) is 0 Å². The zero-order valence-electron chi connectivity index (χ0n) is 3.42. The Morgan fingerprint density at radius 1 is 1.00 bits per heavy atom. The van der Waals surface area contributed by atoms with Crippen LogP contribution in [-0.4, -0.2) is 0 Å². The van der Waals surface area contributed by atoms with Crippen molar-refractivity contribution in [3.8, 4) is 0 Å². The summed E-state index contributed by atoms with van der Waals surface area (Å²) in [5, 5.41) is 4.08. The van der Waals surface area contributed by atoms with Crippen LogP contribution in [0.4, 0.5) is 0 Å². The van der Waals surface area contributed by atoms with Crippen LogP contribution in [0.3, 0.4) is 0 Å². The van der Waals surface area contributed by atoms with Crippen LogP contribution in [-0.2, 0) is 19.5 Å². The maximum atomic E-state index is 2.04. The van der Waals surface area contributed by atoms with Crippen molar-refractivity contribution < 1.29 is 19.5 Å². The predicted molar refractivity (Wildman–Crippen MR) is 24.3 cm³/mol. The molecule has 0 aliphatic carbocycles. The Hall–Kier alpha value is 0.323. The van der Waals surface area contributed by atoms with Gasteiger partial charge in [-0.15, -0.1) is 0 Å². The molecule has 0 atom stereocenters. The van der Waals surface area contributed by atoms with Crippen molar-refractivity contribution in [1.82, 2.24) is 0 Å². The summed E-state index contributed by atoms with van der Waals surface area (Å²) in [5.74, 6) is 0. The Morgan fingerprint density at radius 3 is 1.67 bits per heavy atom. The molecule has 1 aromatic heterocycles. The van der Waals surface area contributed by atoms with Crippen LogP contribution in [0, 0.1) is 0 Å². The van der Waals surface area contributed by atoms with Gasteiger partial charge in [0.15, 0.2) is 0 Å². The second-order valence-electron chi connectivity index (χ2n) is 0.793. The Morgan fingerprint density at radius 2 is 1.50 bits per heavy atom. The fourth-order valence-corrected chi connectivity index (χ4v) is 0.680. The SMILES string of the molecule is [Zn].c1ccsc1. The first kappa shape index (κ1) is 6.32. The minimum absolute atomic E-state index is 0. The van der Waals surface area contributed by atoms with E-state index in [9.17, 15) is 0 Å². The van der Waals surface area contributed by atoms with E-state index in [-0.39, 0.29) is 19.5 Å². The molecule has 1 aromatic rings. The average Bonchev–Trinajstić information content (AvgIpc) is 1.76. The Labute approximate surface area is 54.0 Å². The molecule has 0 aromatic carbocycles. The number of thiophene rings is 1. The molecule has 0 bridgehead atoms. The zero-order chi connectivity index (χ0) is 3.54. The number of rotatable bonds is 0. The Kier molecular flexibility index (Phi) is 3.70. The molecule has 1 heterocycles. The summed E-state index contributed by atoms with van der Waals surface area (Å²) in [5.41, 5.74) is 0. The largest absolute Gasteiger partial charge is 0.152 e. The van der Waals surface area contributed by atoms with Crippen molar-refractivity contribution in [3.63, 3.8) is 0 Å². The third kappa shape index (κ3) is 1.69. The van der Waals surface area contributed by atoms with E-state index in [0.29, 0.717) is 0 Å². The molecule has 0 nitrogen and oxygen atoms in total. The van der Waals surface area contributed by atoms with E-state index in [1.165, 1.54) is 0 Å². The van der Waals surface area contributed by atoms with Gasteiger partial charge in [-0.25, -0.2) is 0 Å². The molecule has 28 valence electrons. The van der Waals surface area contributed by atoms with Crippen molar-refractivity contribution in [2.45, 2.75) is 0 Å². The van der Waals surface area contributed by atoms with E-state index in [0.717, 1.165) is 0 Å². The summed E-state index contributed by atoms with van der Waals surface area (Å²) in [6, 6.07) is 4.04. The van der Waals surface area contributed by atoms with Crippen molar-refractivity contribution in [2.24, 2.45) is 0 Å². The molecule has 0 unspecified atom stereocenters. The molecule has 0 N–H and O–H groups in total. The second kappa shape index (κ2) is 3.51. The first-order valence-electron chi connectivity index (χ1n) is 1.47. The number of hydrogen-bond acceptors (Lipinski definition) is 1. The van der Waals surface area contributed by atoms with Gasteiger partial charge in [-0.1, -0.05) is 12.1 Å². The van der Waals surface area contributed by atoms with Gasteiger partial charge in [0.2, 0.25) is 0 Å². The van der Waals surface area contributed by atoms with E-state index >= 15 is 0 Å². The predicted octanol–water partition coefficient (Wildman–Crippen LogP) is 1.75. The van der Waals surface area contributed by atoms with Gasteiger partial charge in [-0.05, 0) is 10.8 Å². The second-order valence-corrected chi connectivity index (χ2v) is 1.61. The van der Waals surface area contributed by atoms with Gasteiger partial charge < -0.3 is 0 Å². The van der Waals surface area contributed by atoms with E-state index in [1.807, 2.05) is 22.9 Å². The molecule has 0 aliphatic rings. The molecule has 2 heteroatoms. The summed E-state index contributed by atoms with van der Waals surface area (Å²) in [7, 11) is 0. The van der Waals surface area contributed by atoms with Crippen LogP contribution < -0.4 is 0 Å². The zero-order valence-corrected chi connectivity index (χ0v) is 7.21. The summed E-state index contributed by atoms with van der Waals surface area (Å²) in [4.78, 5) is 0. The molecule has 1 rings (SSSR count). The minimum Gasteiger partial charge on any atom is -0.152 e. The summed E-state index contributed by atoms with van der Waals surface area (Å²) < 4.78 is 0. The minimum atomic E-state index is 0. The maximum absolute atomic E-state index is 2.04. The van der Waals surface area contributed by atoms with Crippen LogP contribution in [0.15, 0.2) is 22.9 Å². The van der Waals surface area contributed by atoms with Gasteiger partial charge in [-0.3, -0.25) is 0 Å². The quantitative estimate of drug-likeness (QED) is 0.493. The third-order valence-electron chi connectivity index (χ3n) is 0.425. The van der Waals surface area contributed by atoms with E-state index in [1.54, 1.807) is 11.3 Å². The van der Waals surface area contributed by atoms with Crippen LogP contribution in [0.2, 0.25) is 0 Å². The van der Waals surface area contributed by atoms with Crippen molar-refractivity contribution >= 4 is 11.3 Å². The van der Waals surface area contributed by atoms with Crippen LogP contribution >= 0.6 is 11.3 Å². The normalized spacial score (nSPS) is 6.67. The third-order valence-corrected chi connectivity index (χ3v) is 1.05. The van der Waals surface area contributed by atoms with Crippen LogP contribution in [0.5, 0.6) is 0 Å². The fourth-order valence-electron chi connectivity index (χ4n) is 0.227. The molecule has 0 fully saturated rings. The molecular weight excluding hydrogens is 146 g/mol. The molecule has 0 aliphatic heterocycles. The van der Waals surface area contributed by atoms with Crippen LogP contribution in [0.1, 0.15) is 0 Å². The summed E-state index contributed by atoms with van der Waals surface area (Å²) in [6.45, 7) is 0. The molecule has 0 spiro atoms. The van der Waals surface area contributed by atoms with E-state index in [4.69, 9.17) is 0 Å². The smallest absolute Gasteiger partial charge is 0 e. The van der Waals surface area contributed by atoms with E-state index in [2.05, 4.69) is 0 Å². The number of hydrogen-bond donors (Lipinski definition) is 0. The first-order valence-corrected chi connectivity index (χ1v) is 2.41. The van der Waals surface area contributed by atoms with Crippen molar-refractivity contribution in [1.29, 1.82) is 0 Å². The molecule has 0 radical (unpaired) electrons.